The summed E-state index contributed by atoms with van der Waals surface area (Å²) in [5.74, 6) is 4.49. The van der Waals surface area contributed by atoms with Gasteiger partial charge >= 0.3 is 0 Å². The zero-order valence-electron chi connectivity index (χ0n) is 9.66. The molecule has 0 fully saturated rings. The van der Waals surface area contributed by atoms with Crippen molar-refractivity contribution in [2.75, 3.05) is 4.72 Å². The lowest BCUT2D eigenvalue weighted by atomic mass is 10.2. The number of anilines is 1. The average Bonchev–Trinajstić information content (AvgIpc) is 2.93. The second-order valence-corrected chi connectivity index (χ2v) is 6.41. The highest BCUT2D eigenvalue weighted by atomic mass is 32.2. The lowest BCUT2D eigenvalue weighted by molar-refractivity contribution is 0.0954. The summed E-state index contributed by atoms with van der Waals surface area (Å²) in [5, 5.41) is 1.66. The Balaban J connectivity index is 2.37. The van der Waals surface area contributed by atoms with Gasteiger partial charge in [-0.25, -0.2) is 14.3 Å². The van der Waals surface area contributed by atoms with Crippen LogP contribution in [0.3, 0.4) is 0 Å². The maximum atomic E-state index is 12.1. The molecule has 0 spiro atoms. The van der Waals surface area contributed by atoms with Crippen LogP contribution < -0.4 is 16.0 Å². The number of benzene rings is 1. The van der Waals surface area contributed by atoms with E-state index in [-0.39, 0.29) is 15.5 Å². The van der Waals surface area contributed by atoms with E-state index in [0.29, 0.717) is 0 Å². The molecule has 8 heteroatoms. The second-order valence-electron chi connectivity index (χ2n) is 3.56. The average molecular weight is 297 g/mol. The number of nitrogens with one attached hydrogen (secondary N) is 2. The Morgan fingerprint density at radius 1 is 1.16 bits per heavy atom. The largest absolute Gasteiger partial charge is 0.290 e. The van der Waals surface area contributed by atoms with Gasteiger partial charge in [0.15, 0.2) is 0 Å². The van der Waals surface area contributed by atoms with Crippen molar-refractivity contribution in [2.24, 2.45) is 5.84 Å². The first-order valence-corrected chi connectivity index (χ1v) is 7.57. The van der Waals surface area contributed by atoms with Crippen molar-refractivity contribution in [3.8, 4) is 0 Å². The number of rotatable bonds is 4. The van der Waals surface area contributed by atoms with Crippen LogP contribution in [0.4, 0.5) is 5.69 Å². The highest BCUT2D eigenvalue weighted by molar-refractivity contribution is 7.94. The minimum atomic E-state index is -3.69. The van der Waals surface area contributed by atoms with Crippen molar-refractivity contribution in [1.82, 2.24) is 5.43 Å². The van der Waals surface area contributed by atoms with Crippen LogP contribution in [0.1, 0.15) is 10.4 Å². The second kappa shape index (κ2) is 5.39. The van der Waals surface area contributed by atoms with Gasteiger partial charge in [0.25, 0.3) is 15.9 Å². The number of para-hydroxylation sites is 1. The molecule has 4 N–H and O–H groups in total. The molecule has 1 aromatic heterocycles. The van der Waals surface area contributed by atoms with Crippen LogP contribution in [0.2, 0.25) is 0 Å². The number of nitrogen functional groups attached to an aromatic ring is 1. The fourth-order valence-corrected chi connectivity index (χ4v) is 3.53. The van der Waals surface area contributed by atoms with E-state index in [2.05, 4.69) is 4.72 Å². The number of amides is 1. The molecule has 2 aromatic rings. The molecule has 0 bridgehead atoms. The van der Waals surface area contributed by atoms with Gasteiger partial charge in [-0.1, -0.05) is 18.2 Å². The minimum Gasteiger partial charge on any atom is -0.290 e. The molecule has 19 heavy (non-hydrogen) atoms. The van der Waals surface area contributed by atoms with Crippen LogP contribution in [-0.2, 0) is 10.0 Å². The van der Waals surface area contributed by atoms with Crippen molar-refractivity contribution >= 4 is 33.0 Å². The molecule has 0 saturated carbocycles. The SMILES string of the molecule is NNC(=O)c1ccccc1NS(=O)(=O)c1cccs1. The van der Waals surface area contributed by atoms with Crippen LogP contribution in [0.25, 0.3) is 0 Å². The summed E-state index contributed by atoms with van der Waals surface area (Å²) in [4.78, 5) is 11.5. The molecule has 0 saturated heterocycles. The van der Waals surface area contributed by atoms with Crippen LogP contribution in [-0.4, -0.2) is 14.3 Å². The molecular formula is C11H11N3O3S2. The highest BCUT2D eigenvalue weighted by Gasteiger charge is 2.18. The Labute approximate surface area is 114 Å². The quantitative estimate of drug-likeness (QED) is 0.447. The molecule has 0 unspecified atom stereocenters. The van der Waals surface area contributed by atoms with Gasteiger partial charge in [-0.05, 0) is 23.6 Å². The van der Waals surface area contributed by atoms with Crippen molar-refractivity contribution in [2.45, 2.75) is 4.21 Å². The minimum absolute atomic E-state index is 0.158. The van der Waals surface area contributed by atoms with E-state index in [9.17, 15) is 13.2 Å². The monoisotopic (exact) mass is 297 g/mol. The summed E-state index contributed by atoms with van der Waals surface area (Å²) in [7, 11) is -3.69. The third-order valence-electron chi connectivity index (χ3n) is 2.31. The molecule has 0 aliphatic rings. The Morgan fingerprint density at radius 2 is 1.89 bits per heavy atom. The van der Waals surface area contributed by atoms with Gasteiger partial charge in [-0.3, -0.25) is 14.9 Å². The Kier molecular flexibility index (Phi) is 3.84. The normalized spacial score (nSPS) is 11.0. The zero-order valence-corrected chi connectivity index (χ0v) is 11.3. The first kappa shape index (κ1) is 13.5. The molecular weight excluding hydrogens is 286 g/mol. The molecule has 0 radical (unpaired) electrons. The lowest BCUT2D eigenvalue weighted by Crippen LogP contribution is -2.31. The third-order valence-corrected chi connectivity index (χ3v) is 5.07. The fraction of sp³-hybridized carbons (Fsp3) is 0. The molecule has 1 heterocycles. The molecule has 1 amide bonds. The smallest absolute Gasteiger partial charge is 0.271 e. The summed E-state index contributed by atoms with van der Waals surface area (Å²) >= 11 is 1.09. The van der Waals surface area contributed by atoms with Crippen molar-refractivity contribution in [3.63, 3.8) is 0 Å². The topological polar surface area (TPSA) is 101 Å². The maximum absolute atomic E-state index is 12.1. The number of carbonyl (C=O) groups is 1. The van der Waals surface area contributed by atoms with Crippen LogP contribution in [0.15, 0.2) is 46.0 Å². The van der Waals surface area contributed by atoms with Crippen molar-refractivity contribution in [3.05, 3.63) is 47.3 Å². The van der Waals surface area contributed by atoms with E-state index < -0.39 is 15.9 Å². The summed E-state index contributed by atoms with van der Waals surface area (Å²) in [6.07, 6.45) is 0. The number of thiophene rings is 1. The predicted molar refractivity (Wildman–Crippen MR) is 73.2 cm³/mol. The number of sulfonamides is 1. The summed E-state index contributed by atoms with van der Waals surface area (Å²) in [6.45, 7) is 0. The molecule has 100 valence electrons. The number of hydrogen-bond donors (Lipinski definition) is 3. The maximum Gasteiger partial charge on any atom is 0.271 e. The first-order valence-electron chi connectivity index (χ1n) is 5.21. The molecule has 2 rings (SSSR count). The summed E-state index contributed by atoms with van der Waals surface area (Å²) in [5.41, 5.74) is 2.31. The van der Waals surface area contributed by atoms with Crippen molar-refractivity contribution < 1.29 is 13.2 Å². The number of hydrogen-bond acceptors (Lipinski definition) is 5. The third kappa shape index (κ3) is 2.92. The molecule has 0 aliphatic heterocycles. The van der Waals surface area contributed by atoms with E-state index in [1.807, 2.05) is 5.43 Å². The lowest BCUT2D eigenvalue weighted by Gasteiger charge is -2.10. The van der Waals surface area contributed by atoms with Crippen molar-refractivity contribution in [1.29, 1.82) is 0 Å². The number of hydrazine groups is 1. The highest BCUT2D eigenvalue weighted by Crippen LogP contribution is 2.22. The van der Waals surface area contributed by atoms with E-state index >= 15 is 0 Å². The van der Waals surface area contributed by atoms with Gasteiger partial charge in [0, 0.05) is 0 Å². The van der Waals surface area contributed by atoms with E-state index in [0.717, 1.165) is 11.3 Å². The summed E-state index contributed by atoms with van der Waals surface area (Å²) < 4.78 is 26.7. The molecule has 0 aliphatic carbocycles. The van der Waals surface area contributed by atoms with E-state index in [4.69, 9.17) is 5.84 Å². The fourth-order valence-electron chi connectivity index (χ4n) is 1.46. The molecule has 0 atom stereocenters. The predicted octanol–water partition coefficient (Wildman–Crippen LogP) is 1.15. The van der Waals surface area contributed by atoms with Gasteiger partial charge in [0.2, 0.25) is 0 Å². The molecule has 1 aromatic carbocycles. The Hall–Kier alpha value is -1.90. The Morgan fingerprint density at radius 3 is 2.53 bits per heavy atom. The Bertz CT molecular complexity index is 681. The molecule has 6 nitrogen and oxygen atoms in total. The van der Waals surface area contributed by atoms with Gasteiger partial charge < -0.3 is 0 Å². The van der Waals surface area contributed by atoms with Crippen LogP contribution in [0, 0.1) is 0 Å². The van der Waals surface area contributed by atoms with Gasteiger partial charge in [-0.15, -0.1) is 11.3 Å². The van der Waals surface area contributed by atoms with Crippen LogP contribution in [0.5, 0.6) is 0 Å². The first-order chi connectivity index (χ1) is 9.04. The standard InChI is InChI=1S/C11H11N3O3S2/c12-13-11(15)8-4-1-2-5-9(8)14-19(16,17)10-6-3-7-18-10/h1-7,14H,12H2,(H,13,15). The van der Waals surface area contributed by atoms with Gasteiger partial charge in [0.05, 0.1) is 11.3 Å². The zero-order chi connectivity index (χ0) is 13.9. The van der Waals surface area contributed by atoms with Gasteiger partial charge in [-0.2, -0.15) is 0 Å². The van der Waals surface area contributed by atoms with E-state index in [1.165, 1.54) is 18.2 Å². The number of carbonyl (C=O) groups excluding carboxylic acids is 1. The van der Waals surface area contributed by atoms with Crippen LogP contribution >= 0.6 is 11.3 Å². The number of nitrogens with two attached hydrogens (primary N) is 1. The van der Waals surface area contributed by atoms with Gasteiger partial charge in [0.1, 0.15) is 4.21 Å². The summed E-state index contributed by atoms with van der Waals surface area (Å²) in [6, 6.07) is 9.34. The van der Waals surface area contributed by atoms with E-state index in [1.54, 1.807) is 23.6 Å².